The summed E-state index contributed by atoms with van der Waals surface area (Å²) in [4.78, 5) is 45.9. The number of rotatable bonds is 15. The Morgan fingerprint density at radius 2 is 1.84 bits per heavy atom. The molecule has 10 rings (SSSR count). The number of benzene rings is 3. The topological polar surface area (TPSA) is 256 Å². The van der Waals surface area contributed by atoms with Gasteiger partial charge in [0.15, 0.2) is 16.8 Å². The lowest BCUT2D eigenvalue weighted by Gasteiger charge is -2.52. The van der Waals surface area contributed by atoms with Crippen LogP contribution >= 0.6 is 0 Å². The van der Waals surface area contributed by atoms with Crippen LogP contribution in [0.1, 0.15) is 61.8 Å². The number of phenols is 2. The largest absolute Gasteiger partial charge is 0.508 e. The lowest BCUT2D eigenvalue weighted by molar-refractivity contribution is -0.376. The van der Waals surface area contributed by atoms with E-state index in [4.69, 9.17) is 18.9 Å². The first-order valence-electron chi connectivity index (χ1n) is 24.0. The molecule has 4 aromatic rings. The number of phenolic OH excluding ortho intramolecular Hbond substituents is 2. The van der Waals surface area contributed by atoms with Crippen molar-refractivity contribution in [2.75, 3.05) is 37.7 Å². The molecule has 0 radical (unpaired) electrons. The van der Waals surface area contributed by atoms with E-state index in [0.29, 0.717) is 82.5 Å². The number of aliphatic imine (C=N–C) groups is 1. The normalized spacial score (nSPS) is 26.6. The van der Waals surface area contributed by atoms with Gasteiger partial charge in [-0.25, -0.2) is 9.78 Å². The summed E-state index contributed by atoms with van der Waals surface area (Å²) in [6, 6.07) is 10.7. The monoisotopic (exact) mass is 948 g/mol. The van der Waals surface area contributed by atoms with Gasteiger partial charge >= 0.3 is 0 Å². The summed E-state index contributed by atoms with van der Waals surface area (Å²) in [5.41, 5.74) is -0.264. The average Bonchev–Trinajstić information content (AvgIpc) is 4.09. The van der Waals surface area contributed by atoms with Gasteiger partial charge in [0.25, 0.3) is 0 Å². The maximum Gasteiger partial charge on any atom is 0.220 e. The number of ether oxygens (including phenoxy) is 1. The molecule has 0 unspecified atom stereocenters. The number of aromatic hydroxyl groups is 2. The predicted molar refractivity (Wildman–Crippen MR) is 255 cm³/mol. The number of hydrogen-bond donors (Lipinski definition) is 9. The molecule has 3 aromatic carbocycles. The number of allylic oxidation sites excluding steroid dienone is 2. The zero-order valence-electron chi connectivity index (χ0n) is 38.4. The number of nitrogens with one attached hydrogen (secondary N) is 2. The van der Waals surface area contributed by atoms with E-state index in [2.05, 4.69) is 27.8 Å². The van der Waals surface area contributed by atoms with Crippen molar-refractivity contribution >= 4 is 39.6 Å². The van der Waals surface area contributed by atoms with Gasteiger partial charge in [0, 0.05) is 79.3 Å². The third kappa shape index (κ3) is 8.95. The molecule has 2 fully saturated rings. The van der Waals surface area contributed by atoms with Crippen LogP contribution in [-0.2, 0) is 27.4 Å². The SMILES string of the molecule is Cc1cc(=O)c2cc3c(c(N4C=C5N=CC=C5C4)c2o1)O[C@]1(C[C@@H]([C@@H]2CNC(=O)C2)C=C[C@@H]1CNC1CCCCC1)[C@H](OOC[C@@](O)(Cc1ccc(O)c2ccc(O)cc12)[C@@H](O)[C@H](O)[C@H](O)CO)C3. The number of amides is 1. The molecule has 4 aliphatic heterocycles. The van der Waals surface area contributed by atoms with E-state index in [0.717, 1.165) is 37.0 Å². The maximum atomic E-state index is 13.9. The first-order valence-corrected chi connectivity index (χ1v) is 24.0. The van der Waals surface area contributed by atoms with Crippen LogP contribution in [0.3, 0.4) is 0 Å². The third-order valence-corrected chi connectivity index (χ3v) is 15.2. The number of carbonyl (C=O) groups is 1. The number of aliphatic hydroxyl groups excluding tert-OH is 4. The van der Waals surface area contributed by atoms with Gasteiger partial charge in [-0.2, -0.15) is 0 Å². The fourth-order valence-corrected chi connectivity index (χ4v) is 11.4. The second kappa shape index (κ2) is 18.9. The summed E-state index contributed by atoms with van der Waals surface area (Å²) in [5.74, 6) is 0.0728. The molecule has 6 aliphatic rings. The van der Waals surface area contributed by atoms with Crippen LogP contribution in [0.5, 0.6) is 17.2 Å². The molecule has 1 amide bonds. The quantitative estimate of drug-likeness (QED) is 0.0469. The van der Waals surface area contributed by atoms with E-state index in [1.807, 2.05) is 17.2 Å². The highest BCUT2D eigenvalue weighted by Crippen LogP contribution is 2.53. The van der Waals surface area contributed by atoms with Crippen LogP contribution < -0.4 is 25.7 Å². The minimum Gasteiger partial charge on any atom is -0.508 e. The number of fused-ring (bicyclic) bond motifs is 4. The molecule has 0 bridgehead atoms. The van der Waals surface area contributed by atoms with Gasteiger partial charge in [-0.05, 0) is 85.4 Å². The molecule has 17 heteroatoms. The summed E-state index contributed by atoms with van der Waals surface area (Å²) in [6.45, 7) is 1.42. The molecule has 9 N–H and O–H groups in total. The molecule has 17 nitrogen and oxygen atoms in total. The van der Waals surface area contributed by atoms with Crippen molar-refractivity contribution in [2.24, 2.45) is 22.7 Å². The van der Waals surface area contributed by atoms with Crippen molar-refractivity contribution in [2.45, 2.75) is 106 Å². The summed E-state index contributed by atoms with van der Waals surface area (Å²) in [6.07, 6.45) is 8.78. The third-order valence-electron chi connectivity index (χ3n) is 15.2. The number of aliphatic hydroxyl groups is 5. The highest BCUT2D eigenvalue weighted by molar-refractivity contribution is 5.96. The first kappa shape index (κ1) is 47.1. The second-order valence-corrected chi connectivity index (χ2v) is 19.8. The lowest BCUT2D eigenvalue weighted by atomic mass is 9.66. The zero-order valence-corrected chi connectivity index (χ0v) is 38.4. The maximum absolute atomic E-state index is 13.9. The van der Waals surface area contributed by atoms with E-state index >= 15 is 0 Å². The van der Waals surface area contributed by atoms with Crippen molar-refractivity contribution in [1.82, 2.24) is 10.6 Å². The van der Waals surface area contributed by atoms with E-state index in [-0.39, 0.29) is 53.1 Å². The number of nitrogens with zero attached hydrogens (tertiary/aromatic N) is 2. The molecular formula is C52H60N4O13. The molecular weight excluding hydrogens is 889 g/mol. The second-order valence-electron chi connectivity index (χ2n) is 19.8. The Balaban J connectivity index is 1.07. The minimum absolute atomic E-state index is 0.0405. The van der Waals surface area contributed by atoms with Gasteiger partial charge in [0.2, 0.25) is 5.91 Å². The predicted octanol–water partition coefficient (Wildman–Crippen LogP) is 3.63. The van der Waals surface area contributed by atoms with Gasteiger partial charge in [-0.15, -0.1) is 0 Å². The first-order chi connectivity index (χ1) is 33.2. The van der Waals surface area contributed by atoms with Gasteiger partial charge in [-0.3, -0.25) is 14.6 Å². The molecule has 1 saturated carbocycles. The Hall–Kier alpha value is -5.63. The Morgan fingerprint density at radius 1 is 1.01 bits per heavy atom. The molecule has 1 aromatic heterocycles. The number of hydrogen-bond acceptors (Lipinski definition) is 16. The van der Waals surface area contributed by atoms with Crippen molar-refractivity contribution < 1.29 is 59.5 Å². The Bertz CT molecular complexity index is 2820. The summed E-state index contributed by atoms with van der Waals surface area (Å²) < 4.78 is 14.1. The number of carbonyl (C=O) groups excluding carboxylic acids is 1. The van der Waals surface area contributed by atoms with E-state index in [1.165, 1.54) is 42.8 Å². The van der Waals surface area contributed by atoms with Gasteiger partial charge in [-0.1, -0.05) is 37.5 Å². The molecule has 69 heavy (non-hydrogen) atoms. The van der Waals surface area contributed by atoms with E-state index in [1.54, 1.807) is 19.2 Å². The Labute approximate surface area is 398 Å². The molecule has 366 valence electrons. The Kier molecular flexibility index (Phi) is 12.9. The van der Waals surface area contributed by atoms with Crippen LogP contribution in [0.15, 0.2) is 92.4 Å². The number of aryl methyl sites for hydroxylation is 1. The molecule has 1 spiro atoms. The van der Waals surface area contributed by atoms with E-state index in [9.17, 15) is 45.3 Å². The highest BCUT2D eigenvalue weighted by Gasteiger charge is 2.56. The molecule has 9 atom stereocenters. The van der Waals surface area contributed by atoms with Gasteiger partial charge in [0.1, 0.15) is 65.2 Å². The standard InChI is InChI=1S/C52H60N4O13/c1-28-15-42(60)39-16-32-17-44(69-66-27-51(65,50(64)47(63)43(61)26-57)20-30-8-12-41(59)37-11-10-36(58)19-38(30)37)52(68-48(32)46(49(39)67-28)56-24-31-13-14-53-40(31)25-56)21-29(33-18-45(62)55-22-33)7-9-34(52)23-54-35-5-3-2-4-6-35/h7-16,19,25,29,33-35,43-44,47,50,54,57-59,61,63-65H,2-6,17-18,20-24,26-27H2,1H3,(H,55,62)/t29-,33-,34+,43+,44+,47+,50-,51-,52-/m0/s1. The van der Waals surface area contributed by atoms with Gasteiger partial charge in [0.05, 0.1) is 24.2 Å². The zero-order chi connectivity index (χ0) is 48.2. The fraction of sp³-hybridized carbons (Fsp3) is 0.481. The summed E-state index contributed by atoms with van der Waals surface area (Å²) >= 11 is 0. The Morgan fingerprint density at radius 3 is 2.61 bits per heavy atom. The van der Waals surface area contributed by atoms with Crippen LogP contribution in [0.2, 0.25) is 0 Å². The lowest BCUT2D eigenvalue weighted by Crippen LogP contribution is -2.62. The molecule has 2 aliphatic carbocycles. The van der Waals surface area contributed by atoms with Gasteiger partial charge < -0.3 is 60.4 Å². The molecule has 5 heterocycles. The smallest absolute Gasteiger partial charge is 0.220 e. The van der Waals surface area contributed by atoms with Crippen LogP contribution in [-0.4, -0.2) is 122 Å². The minimum atomic E-state index is -2.43. The fourth-order valence-electron chi connectivity index (χ4n) is 11.4. The highest BCUT2D eigenvalue weighted by atomic mass is 17.2. The average molecular weight is 949 g/mol. The van der Waals surface area contributed by atoms with Crippen molar-refractivity contribution in [3.63, 3.8) is 0 Å². The van der Waals surface area contributed by atoms with E-state index < -0.39 is 55.3 Å². The summed E-state index contributed by atoms with van der Waals surface area (Å²) in [5, 5.41) is 84.6. The van der Waals surface area contributed by atoms with Crippen molar-refractivity contribution in [1.29, 1.82) is 0 Å². The van der Waals surface area contributed by atoms with Crippen LogP contribution in [0.25, 0.3) is 21.7 Å². The number of anilines is 1. The molecule has 1 saturated heterocycles. The van der Waals surface area contributed by atoms with Crippen molar-refractivity contribution in [3.8, 4) is 17.2 Å². The van der Waals surface area contributed by atoms with Crippen molar-refractivity contribution in [3.05, 3.63) is 105 Å². The van der Waals surface area contributed by atoms with Crippen LogP contribution in [0.4, 0.5) is 5.69 Å². The summed E-state index contributed by atoms with van der Waals surface area (Å²) in [7, 11) is 0. The van der Waals surface area contributed by atoms with Crippen LogP contribution in [0, 0.1) is 24.7 Å².